The molecule has 5 heteroatoms. The number of carbonyl (C=O) groups excluding carboxylic acids is 2. The Kier molecular flexibility index (Phi) is 4.44. The number of amides is 1. The molecule has 0 saturated carbocycles. The highest BCUT2D eigenvalue weighted by Crippen LogP contribution is 2.17. The van der Waals surface area contributed by atoms with E-state index in [4.69, 9.17) is 4.74 Å². The van der Waals surface area contributed by atoms with Crippen molar-refractivity contribution in [3.63, 3.8) is 0 Å². The molecule has 1 rings (SSSR count). The minimum atomic E-state index is -0.658. The Bertz CT molecular complexity index is 393. The standard InChI is InChI=1S/C11H12FNO3/c1-2-13-11(15)7-16-10-4-3-8(6-14)5-9(10)12/h3-6H,2,7H2,1H3,(H,13,15). The van der Waals surface area contributed by atoms with E-state index in [9.17, 15) is 14.0 Å². The average molecular weight is 225 g/mol. The zero-order valence-corrected chi connectivity index (χ0v) is 8.83. The van der Waals surface area contributed by atoms with Crippen LogP contribution < -0.4 is 10.1 Å². The lowest BCUT2D eigenvalue weighted by molar-refractivity contribution is -0.123. The molecule has 0 unspecified atom stereocenters. The van der Waals surface area contributed by atoms with Gasteiger partial charge in [-0.2, -0.15) is 0 Å². The summed E-state index contributed by atoms with van der Waals surface area (Å²) in [4.78, 5) is 21.4. The van der Waals surface area contributed by atoms with E-state index >= 15 is 0 Å². The zero-order valence-electron chi connectivity index (χ0n) is 8.83. The van der Waals surface area contributed by atoms with Crippen molar-refractivity contribution in [2.45, 2.75) is 6.92 Å². The Morgan fingerprint density at radius 2 is 2.31 bits per heavy atom. The monoisotopic (exact) mass is 225 g/mol. The van der Waals surface area contributed by atoms with E-state index < -0.39 is 5.82 Å². The number of carbonyl (C=O) groups is 2. The lowest BCUT2D eigenvalue weighted by Crippen LogP contribution is -2.28. The molecule has 0 radical (unpaired) electrons. The first-order chi connectivity index (χ1) is 7.67. The second kappa shape index (κ2) is 5.85. The van der Waals surface area contributed by atoms with Crippen molar-refractivity contribution in [2.24, 2.45) is 0 Å². The summed E-state index contributed by atoms with van der Waals surface area (Å²) in [5.41, 5.74) is 0.225. The van der Waals surface area contributed by atoms with Gasteiger partial charge in [-0.25, -0.2) is 4.39 Å². The summed E-state index contributed by atoms with van der Waals surface area (Å²) >= 11 is 0. The first kappa shape index (κ1) is 12.2. The Morgan fingerprint density at radius 3 is 2.88 bits per heavy atom. The fourth-order valence-electron chi connectivity index (χ4n) is 1.10. The van der Waals surface area contributed by atoms with Crippen LogP contribution in [0.5, 0.6) is 5.75 Å². The number of halogens is 1. The van der Waals surface area contributed by atoms with Crippen LogP contribution >= 0.6 is 0 Å². The van der Waals surface area contributed by atoms with Gasteiger partial charge in [-0.1, -0.05) is 0 Å². The maximum absolute atomic E-state index is 13.3. The number of hydrogen-bond acceptors (Lipinski definition) is 3. The second-order valence-corrected chi connectivity index (χ2v) is 3.05. The van der Waals surface area contributed by atoms with Crippen LogP contribution in [0.25, 0.3) is 0 Å². The maximum Gasteiger partial charge on any atom is 0.257 e. The third kappa shape index (κ3) is 3.34. The molecule has 16 heavy (non-hydrogen) atoms. The number of nitrogens with one attached hydrogen (secondary N) is 1. The summed E-state index contributed by atoms with van der Waals surface area (Å²) in [6.07, 6.45) is 0.538. The number of ether oxygens (including phenoxy) is 1. The van der Waals surface area contributed by atoms with Crippen molar-refractivity contribution in [1.29, 1.82) is 0 Å². The van der Waals surface area contributed by atoms with Crippen LogP contribution in [0.15, 0.2) is 18.2 Å². The molecular weight excluding hydrogens is 213 g/mol. The van der Waals surface area contributed by atoms with Crippen molar-refractivity contribution in [3.8, 4) is 5.75 Å². The van der Waals surface area contributed by atoms with Crippen LogP contribution in [0, 0.1) is 5.82 Å². The minimum Gasteiger partial charge on any atom is -0.481 e. The molecule has 0 aliphatic rings. The van der Waals surface area contributed by atoms with Gasteiger partial charge in [0, 0.05) is 12.1 Å². The van der Waals surface area contributed by atoms with Gasteiger partial charge in [0.25, 0.3) is 5.91 Å². The van der Waals surface area contributed by atoms with Crippen molar-refractivity contribution in [3.05, 3.63) is 29.6 Å². The fourth-order valence-corrected chi connectivity index (χ4v) is 1.10. The molecule has 0 aliphatic heterocycles. The van der Waals surface area contributed by atoms with E-state index in [1.165, 1.54) is 12.1 Å². The normalized spacial score (nSPS) is 9.62. The first-order valence-electron chi connectivity index (χ1n) is 4.81. The van der Waals surface area contributed by atoms with Crippen LogP contribution in [0.4, 0.5) is 4.39 Å². The predicted octanol–water partition coefficient (Wildman–Crippen LogP) is 1.15. The highest BCUT2D eigenvalue weighted by molar-refractivity contribution is 5.77. The number of benzene rings is 1. The Labute approximate surface area is 92.4 Å². The molecule has 1 N–H and O–H groups in total. The maximum atomic E-state index is 13.3. The van der Waals surface area contributed by atoms with E-state index in [0.717, 1.165) is 6.07 Å². The molecule has 0 atom stereocenters. The summed E-state index contributed by atoms with van der Waals surface area (Å²) in [6, 6.07) is 3.79. The smallest absolute Gasteiger partial charge is 0.257 e. The summed E-state index contributed by atoms with van der Waals surface area (Å²) < 4.78 is 18.2. The van der Waals surface area contributed by atoms with Crippen LogP contribution in [-0.2, 0) is 4.79 Å². The van der Waals surface area contributed by atoms with Gasteiger partial charge in [0.2, 0.25) is 0 Å². The lowest BCUT2D eigenvalue weighted by atomic mass is 10.2. The Morgan fingerprint density at radius 1 is 1.56 bits per heavy atom. The van der Waals surface area contributed by atoms with Gasteiger partial charge in [0.1, 0.15) is 6.29 Å². The van der Waals surface area contributed by atoms with Gasteiger partial charge in [-0.05, 0) is 25.1 Å². The molecule has 1 amide bonds. The Hall–Kier alpha value is -1.91. The molecular formula is C11H12FNO3. The van der Waals surface area contributed by atoms with Crippen LogP contribution in [0.3, 0.4) is 0 Å². The SMILES string of the molecule is CCNC(=O)COc1ccc(C=O)cc1F. The predicted molar refractivity (Wildman–Crippen MR) is 56.0 cm³/mol. The van der Waals surface area contributed by atoms with Crippen LogP contribution in [0.2, 0.25) is 0 Å². The molecule has 1 aromatic rings. The summed E-state index contributed by atoms with van der Waals surface area (Å²) in [6.45, 7) is 2.03. The first-order valence-corrected chi connectivity index (χ1v) is 4.81. The van der Waals surface area contributed by atoms with E-state index in [0.29, 0.717) is 12.8 Å². The average Bonchev–Trinajstić information content (AvgIpc) is 2.27. The third-order valence-corrected chi connectivity index (χ3v) is 1.82. The molecule has 0 aromatic heterocycles. The highest BCUT2D eigenvalue weighted by Gasteiger charge is 2.06. The number of rotatable bonds is 5. The Balaban J connectivity index is 2.60. The van der Waals surface area contributed by atoms with Crippen LogP contribution in [0.1, 0.15) is 17.3 Å². The van der Waals surface area contributed by atoms with Gasteiger partial charge < -0.3 is 10.1 Å². The summed E-state index contributed by atoms with van der Waals surface area (Å²) in [5, 5.41) is 2.52. The van der Waals surface area contributed by atoms with Gasteiger partial charge in [0.05, 0.1) is 0 Å². The quantitative estimate of drug-likeness (QED) is 0.765. The number of likely N-dealkylation sites (N-methyl/N-ethyl adjacent to an activating group) is 1. The number of hydrogen-bond donors (Lipinski definition) is 1. The van der Waals surface area contributed by atoms with Crippen molar-refractivity contribution < 1.29 is 18.7 Å². The lowest BCUT2D eigenvalue weighted by Gasteiger charge is -2.07. The molecule has 0 bridgehead atoms. The van der Waals surface area contributed by atoms with Gasteiger partial charge in [-0.15, -0.1) is 0 Å². The van der Waals surface area contributed by atoms with E-state index in [-0.39, 0.29) is 23.8 Å². The van der Waals surface area contributed by atoms with E-state index in [1.807, 2.05) is 0 Å². The second-order valence-electron chi connectivity index (χ2n) is 3.05. The largest absolute Gasteiger partial charge is 0.481 e. The summed E-state index contributed by atoms with van der Waals surface area (Å²) in [7, 11) is 0. The topological polar surface area (TPSA) is 55.4 Å². The van der Waals surface area contributed by atoms with E-state index in [1.54, 1.807) is 6.92 Å². The van der Waals surface area contributed by atoms with Gasteiger partial charge in [-0.3, -0.25) is 9.59 Å². The molecule has 0 fully saturated rings. The van der Waals surface area contributed by atoms with Gasteiger partial charge >= 0.3 is 0 Å². The number of aldehydes is 1. The van der Waals surface area contributed by atoms with Crippen molar-refractivity contribution in [1.82, 2.24) is 5.32 Å². The van der Waals surface area contributed by atoms with E-state index in [2.05, 4.69) is 5.32 Å². The van der Waals surface area contributed by atoms with Crippen molar-refractivity contribution in [2.75, 3.05) is 13.2 Å². The minimum absolute atomic E-state index is 0.0446. The summed E-state index contributed by atoms with van der Waals surface area (Å²) in [5.74, 6) is -1.02. The third-order valence-electron chi connectivity index (χ3n) is 1.82. The molecule has 0 aliphatic carbocycles. The fraction of sp³-hybridized carbons (Fsp3) is 0.273. The zero-order chi connectivity index (χ0) is 12.0. The van der Waals surface area contributed by atoms with Crippen LogP contribution in [-0.4, -0.2) is 25.3 Å². The molecule has 4 nitrogen and oxygen atoms in total. The van der Waals surface area contributed by atoms with Crippen molar-refractivity contribution >= 4 is 12.2 Å². The van der Waals surface area contributed by atoms with Gasteiger partial charge in [0.15, 0.2) is 18.2 Å². The molecule has 1 aromatic carbocycles. The molecule has 0 heterocycles. The molecule has 86 valence electrons. The highest BCUT2D eigenvalue weighted by atomic mass is 19.1. The molecule has 0 spiro atoms. The molecule has 0 saturated heterocycles.